The van der Waals surface area contributed by atoms with Gasteiger partial charge in [0.25, 0.3) is 0 Å². The largest absolute Gasteiger partial charge is 0.379 e. The number of aromatic nitrogens is 2. The van der Waals surface area contributed by atoms with Crippen LogP contribution in [0.2, 0.25) is 0 Å². The molecule has 2 saturated heterocycles. The summed E-state index contributed by atoms with van der Waals surface area (Å²) in [5.41, 5.74) is 0. The Balaban J connectivity index is 1.29. The van der Waals surface area contributed by atoms with Crippen LogP contribution >= 0.6 is 11.3 Å². The van der Waals surface area contributed by atoms with Crippen LogP contribution in [0, 0.1) is 0 Å². The van der Waals surface area contributed by atoms with E-state index in [0.717, 1.165) is 51.9 Å². The van der Waals surface area contributed by atoms with E-state index in [1.165, 1.54) is 4.88 Å². The van der Waals surface area contributed by atoms with Gasteiger partial charge in [-0.15, -0.1) is 11.3 Å². The van der Waals surface area contributed by atoms with Crippen LogP contribution in [-0.4, -0.2) is 90.7 Å². The van der Waals surface area contributed by atoms with E-state index in [4.69, 9.17) is 4.74 Å². The van der Waals surface area contributed by atoms with Crippen molar-refractivity contribution in [2.45, 2.75) is 19.0 Å². The van der Waals surface area contributed by atoms with Gasteiger partial charge in [0.2, 0.25) is 11.9 Å². The predicted molar refractivity (Wildman–Crippen MR) is 118 cm³/mol. The van der Waals surface area contributed by atoms with Crippen molar-refractivity contribution < 1.29 is 9.53 Å². The van der Waals surface area contributed by atoms with Gasteiger partial charge in [-0.1, -0.05) is 6.07 Å². The fourth-order valence-electron chi connectivity index (χ4n) is 4.01. The first-order valence-corrected chi connectivity index (χ1v) is 11.5. The van der Waals surface area contributed by atoms with Crippen molar-refractivity contribution in [2.24, 2.45) is 0 Å². The molecule has 2 aromatic rings. The van der Waals surface area contributed by atoms with Gasteiger partial charge in [-0.3, -0.25) is 9.69 Å². The summed E-state index contributed by atoms with van der Waals surface area (Å²) in [5.74, 6) is 0.899. The quantitative estimate of drug-likeness (QED) is 0.708. The first kappa shape index (κ1) is 21.2. The highest BCUT2D eigenvalue weighted by molar-refractivity contribution is 7.10. The second-order valence-corrected chi connectivity index (χ2v) is 8.65. The number of carbonyl (C=O) groups is 1. The van der Waals surface area contributed by atoms with Crippen molar-refractivity contribution in [3.63, 3.8) is 0 Å². The van der Waals surface area contributed by atoms with Crippen LogP contribution in [-0.2, 0) is 9.53 Å². The second kappa shape index (κ2) is 10.3. The number of nitrogens with zero attached hydrogens (tertiary/aromatic N) is 5. The minimum Gasteiger partial charge on any atom is -0.379 e. The number of piperazine rings is 1. The first-order valence-electron chi connectivity index (χ1n) is 10.6. The number of thiophene rings is 1. The lowest BCUT2D eigenvalue weighted by Crippen LogP contribution is -2.54. The van der Waals surface area contributed by atoms with Crippen LogP contribution in [0.1, 0.15) is 17.8 Å². The second-order valence-electron chi connectivity index (χ2n) is 7.67. The Bertz CT molecular complexity index is 776. The maximum Gasteiger partial charge on any atom is 0.239 e. The maximum atomic E-state index is 13.0. The van der Waals surface area contributed by atoms with Crippen LogP contribution in [0.3, 0.4) is 0 Å². The van der Waals surface area contributed by atoms with E-state index in [-0.39, 0.29) is 18.0 Å². The fraction of sp³-hybridized carbons (Fsp3) is 0.571. The zero-order valence-electron chi connectivity index (χ0n) is 17.4. The first-order chi connectivity index (χ1) is 14.7. The van der Waals surface area contributed by atoms with Gasteiger partial charge in [-0.05, 0) is 24.4 Å². The topological polar surface area (TPSA) is 73.8 Å². The third-order valence-electron chi connectivity index (χ3n) is 5.77. The monoisotopic (exact) mass is 430 g/mol. The summed E-state index contributed by atoms with van der Waals surface area (Å²) in [5, 5.41) is 5.62. The van der Waals surface area contributed by atoms with E-state index >= 15 is 0 Å². The molecule has 2 aliphatic heterocycles. The van der Waals surface area contributed by atoms with Crippen molar-refractivity contribution in [1.29, 1.82) is 0 Å². The summed E-state index contributed by atoms with van der Waals surface area (Å²) < 4.78 is 5.52. The number of amides is 1. The predicted octanol–water partition coefficient (Wildman–Crippen LogP) is 1.24. The van der Waals surface area contributed by atoms with Gasteiger partial charge in [-0.25, -0.2) is 9.97 Å². The normalized spacial score (nSPS) is 20.2. The summed E-state index contributed by atoms with van der Waals surface area (Å²) >= 11 is 1.78. The third kappa shape index (κ3) is 5.15. The lowest BCUT2D eigenvalue weighted by Gasteiger charge is -2.37. The number of hydrogen-bond donors (Lipinski definition) is 1. The maximum absolute atomic E-state index is 13.0. The van der Waals surface area contributed by atoms with E-state index in [2.05, 4.69) is 42.6 Å². The fourth-order valence-corrected chi connectivity index (χ4v) is 4.87. The molecule has 4 rings (SSSR count). The van der Waals surface area contributed by atoms with E-state index in [0.29, 0.717) is 13.1 Å². The van der Waals surface area contributed by atoms with E-state index in [1.54, 1.807) is 23.7 Å². The molecule has 0 aromatic carbocycles. The molecule has 0 bridgehead atoms. The smallest absolute Gasteiger partial charge is 0.239 e. The molecular weight excluding hydrogens is 400 g/mol. The summed E-state index contributed by atoms with van der Waals surface area (Å²) in [7, 11) is 0. The molecule has 0 radical (unpaired) electrons. The Morgan fingerprint density at radius 2 is 1.87 bits per heavy atom. The molecule has 2 fully saturated rings. The Morgan fingerprint density at radius 3 is 2.53 bits per heavy atom. The van der Waals surface area contributed by atoms with Gasteiger partial charge in [0.15, 0.2) is 0 Å². The average Bonchev–Trinajstić information content (AvgIpc) is 3.35. The molecular formula is C21H30N6O2S. The Hall–Kier alpha value is -2.07. The summed E-state index contributed by atoms with van der Waals surface area (Å²) in [6, 6.07) is 6.16. The Morgan fingerprint density at radius 1 is 1.13 bits per heavy atom. The van der Waals surface area contributed by atoms with Gasteiger partial charge in [-0.2, -0.15) is 0 Å². The van der Waals surface area contributed by atoms with E-state index in [1.807, 2.05) is 17.9 Å². The molecule has 2 atom stereocenters. The van der Waals surface area contributed by atoms with Gasteiger partial charge in [0.1, 0.15) is 0 Å². The molecule has 162 valence electrons. The number of nitrogens with one attached hydrogen (secondary N) is 1. The molecule has 1 amide bonds. The van der Waals surface area contributed by atoms with Crippen LogP contribution in [0.5, 0.6) is 0 Å². The number of rotatable bonds is 7. The number of carbonyl (C=O) groups excluding carboxylic acids is 1. The molecule has 2 unspecified atom stereocenters. The van der Waals surface area contributed by atoms with Crippen LogP contribution in [0.15, 0.2) is 36.0 Å². The van der Waals surface area contributed by atoms with Gasteiger partial charge < -0.3 is 19.9 Å². The van der Waals surface area contributed by atoms with Gasteiger partial charge >= 0.3 is 0 Å². The third-order valence-corrected chi connectivity index (χ3v) is 6.75. The van der Waals surface area contributed by atoms with Crippen LogP contribution in [0.25, 0.3) is 0 Å². The summed E-state index contributed by atoms with van der Waals surface area (Å²) in [6.45, 7) is 9.03. The number of ether oxygens (including phenoxy) is 1. The van der Waals surface area contributed by atoms with Crippen molar-refractivity contribution >= 4 is 23.2 Å². The minimum absolute atomic E-state index is 0.163. The summed E-state index contributed by atoms with van der Waals surface area (Å²) in [4.78, 5) is 29.5. The molecule has 8 nitrogen and oxygen atoms in total. The Labute approximate surface area is 181 Å². The molecule has 0 saturated carbocycles. The molecule has 0 aliphatic carbocycles. The minimum atomic E-state index is -0.215. The molecule has 0 spiro atoms. The number of hydrogen-bond acceptors (Lipinski definition) is 8. The molecule has 2 aromatic heterocycles. The van der Waals surface area contributed by atoms with Gasteiger partial charge in [0, 0.05) is 63.1 Å². The van der Waals surface area contributed by atoms with Crippen LogP contribution < -0.4 is 10.2 Å². The highest BCUT2D eigenvalue weighted by Gasteiger charge is 2.28. The van der Waals surface area contributed by atoms with Gasteiger partial charge in [0.05, 0.1) is 25.3 Å². The van der Waals surface area contributed by atoms with Crippen LogP contribution in [0.4, 0.5) is 5.95 Å². The zero-order chi connectivity index (χ0) is 20.8. The highest BCUT2D eigenvalue weighted by Crippen LogP contribution is 2.25. The van der Waals surface area contributed by atoms with E-state index in [9.17, 15) is 4.79 Å². The molecule has 30 heavy (non-hydrogen) atoms. The molecule has 1 N–H and O–H groups in total. The van der Waals surface area contributed by atoms with Crippen molar-refractivity contribution in [2.75, 3.05) is 63.9 Å². The lowest BCUT2D eigenvalue weighted by molar-refractivity contribution is -0.133. The lowest BCUT2D eigenvalue weighted by atomic mass is 10.1. The summed E-state index contributed by atoms with van der Waals surface area (Å²) in [6.07, 6.45) is 3.51. The van der Waals surface area contributed by atoms with Crippen molar-refractivity contribution in [3.8, 4) is 0 Å². The Kier molecular flexibility index (Phi) is 7.27. The zero-order valence-corrected chi connectivity index (χ0v) is 18.3. The highest BCUT2D eigenvalue weighted by atomic mass is 32.1. The average molecular weight is 431 g/mol. The van der Waals surface area contributed by atoms with Crippen molar-refractivity contribution in [1.82, 2.24) is 25.1 Å². The number of morpholine rings is 1. The molecule has 9 heteroatoms. The number of anilines is 1. The van der Waals surface area contributed by atoms with E-state index < -0.39 is 0 Å². The van der Waals surface area contributed by atoms with Crippen molar-refractivity contribution in [3.05, 3.63) is 40.8 Å². The standard InChI is InChI=1S/C21H30N6O2S/c1-17(20(28)26-7-9-27(10-8-26)21-22-5-3-6-23-21)24-16-18(19-4-2-15-30-19)25-11-13-29-14-12-25/h2-6,15,17-18,24H,7-14,16H2,1H3. The SMILES string of the molecule is CC(NCC(c1cccs1)N1CCOCC1)C(=O)N1CCN(c2ncccn2)CC1. The molecule has 2 aliphatic rings. The molecule has 4 heterocycles.